The molecule has 0 fully saturated rings. The highest BCUT2D eigenvalue weighted by Gasteiger charge is 2.14. The normalized spacial score (nSPS) is 10.5. The largest absolute Gasteiger partial charge is 0.618 e. The Morgan fingerprint density at radius 1 is 1.30 bits per heavy atom. The summed E-state index contributed by atoms with van der Waals surface area (Å²) in [5.74, 6) is -0.823. The molecule has 0 aliphatic carbocycles. The van der Waals surface area contributed by atoms with Gasteiger partial charge in [0.05, 0.1) is 11.9 Å². The summed E-state index contributed by atoms with van der Waals surface area (Å²) in [5.41, 5.74) is 1.34. The molecule has 0 atom stereocenters. The fraction of sp³-hybridized carbons (Fsp3) is 0.0625. The number of carbonyl (C=O) groups is 1. The number of hydrogen-bond donors (Lipinski definition) is 1. The lowest BCUT2D eigenvalue weighted by Crippen LogP contribution is -2.38. The molecule has 3 rings (SSSR count). The van der Waals surface area contributed by atoms with Gasteiger partial charge < -0.3 is 10.5 Å². The zero-order valence-corrected chi connectivity index (χ0v) is 12.0. The zero-order valence-electron chi connectivity index (χ0n) is 12.0. The van der Waals surface area contributed by atoms with E-state index in [4.69, 9.17) is 0 Å². The first-order chi connectivity index (χ1) is 11.1. The van der Waals surface area contributed by atoms with Gasteiger partial charge in [0.1, 0.15) is 5.82 Å². The molecule has 3 aromatic rings. The van der Waals surface area contributed by atoms with Crippen molar-refractivity contribution in [2.45, 2.75) is 6.54 Å². The minimum absolute atomic E-state index is 0.0185. The van der Waals surface area contributed by atoms with E-state index in [0.717, 1.165) is 5.56 Å². The van der Waals surface area contributed by atoms with E-state index in [-0.39, 0.29) is 18.1 Å². The number of nitrogens with one attached hydrogen (secondary N) is 1. The molecule has 6 nitrogen and oxygen atoms in total. The number of nitrogens with zero attached hydrogens (tertiary/aromatic N) is 3. The first-order valence-electron chi connectivity index (χ1n) is 6.89. The van der Waals surface area contributed by atoms with Crippen LogP contribution in [0.2, 0.25) is 0 Å². The SMILES string of the molecule is O=C(NCc1cnn(-c2cccc(F)c2)c1)c1cccc[n+]1[O-]. The Morgan fingerprint density at radius 2 is 2.17 bits per heavy atom. The van der Waals surface area contributed by atoms with Crippen molar-refractivity contribution in [2.24, 2.45) is 0 Å². The third-order valence-corrected chi connectivity index (χ3v) is 3.22. The fourth-order valence-electron chi connectivity index (χ4n) is 2.09. The summed E-state index contributed by atoms with van der Waals surface area (Å²) >= 11 is 0. The average Bonchev–Trinajstić information content (AvgIpc) is 3.02. The van der Waals surface area contributed by atoms with Crippen LogP contribution >= 0.6 is 0 Å². The number of pyridine rings is 1. The molecule has 0 bridgehead atoms. The molecule has 0 radical (unpaired) electrons. The van der Waals surface area contributed by atoms with Crippen molar-refractivity contribution in [3.8, 4) is 5.69 Å². The summed E-state index contributed by atoms with van der Waals surface area (Å²) in [6.45, 7) is 0.211. The van der Waals surface area contributed by atoms with Crippen molar-refractivity contribution in [1.82, 2.24) is 15.1 Å². The molecule has 116 valence electrons. The number of aromatic nitrogens is 3. The van der Waals surface area contributed by atoms with E-state index in [9.17, 15) is 14.4 Å². The summed E-state index contributed by atoms with van der Waals surface area (Å²) in [6, 6.07) is 10.6. The number of rotatable bonds is 4. The molecule has 0 saturated heterocycles. The standard InChI is InChI=1S/C16H13FN4O2/c17-13-4-3-5-14(8-13)20-11-12(10-19-20)9-18-16(22)15-6-1-2-7-21(15)23/h1-8,10-11H,9H2,(H,18,22). The maximum Gasteiger partial charge on any atom is 0.317 e. The third-order valence-electron chi connectivity index (χ3n) is 3.22. The van der Waals surface area contributed by atoms with Crippen LogP contribution in [0.25, 0.3) is 5.69 Å². The van der Waals surface area contributed by atoms with Gasteiger partial charge >= 0.3 is 5.91 Å². The molecule has 0 spiro atoms. The Labute approximate surface area is 131 Å². The molecule has 0 saturated carbocycles. The van der Waals surface area contributed by atoms with Crippen LogP contribution in [0.4, 0.5) is 4.39 Å². The van der Waals surface area contributed by atoms with E-state index in [1.165, 1.54) is 29.1 Å². The number of hydrogen-bond acceptors (Lipinski definition) is 3. The van der Waals surface area contributed by atoms with Crippen LogP contribution in [0.3, 0.4) is 0 Å². The van der Waals surface area contributed by atoms with Crippen LogP contribution in [0.15, 0.2) is 61.1 Å². The van der Waals surface area contributed by atoms with Crippen LogP contribution < -0.4 is 10.0 Å². The number of benzene rings is 1. The third kappa shape index (κ3) is 3.34. The number of halogens is 1. The monoisotopic (exact) mass is 312 g/mol. The second kappa shape index (κ2) is 6.27. The summed E-state index contributed by atoms with van der Waals surface area (Å²) < 4.78 is 15.2. The summed E-state index contributed by atoms with van der Waals surface area (Å²) in [5, 5.41) is 18.3. The van der Waals surface area contributed by atoms with Crippen molar-refractivity contribution in [3.63, 3.8) is 0 Å². The molecular formula is C16H13FN4O2. The van der Waals surface area contributed by atoms with E-state index in [1.807, 2.05) is 0 Å². The van der Waals surface area contributed by atoms with Crippen molar-refractivity contribution in [1.29, 1.82) is 0 Å². The Balaban J connectivity index is 1.68. The molecule has 7 heteroatoms. The van der Waals surface area contributed by atoms with Gasteiger partial charge in [0.25, 0.3) is 5.69 Å². The van der Waals surface area contributed by atoms with E-state index >= 15 is 0 Å². The fourth-order valence-corrected chi connectivity index (χ4v) is 2.09. The maximum atomic E-state index is 13.2. The van der Waals surface area contributed by atoms with Gasteiger partial charge in [-0.1, -0.05) is 6.07 Å². The van der Waals surface area contributed by atoms with Crippen molar-refractivity contribution >= 4 is 5.91 Å². The van der Waals surface area contributed by atoms with E-state index < -0.39 is 5.91 Å². The van der Waals surface area contributed by atoms with Crippen molar-refractivity contribution < 1.29 is 13.9 Å². The van der Waals surface area contributed by atoms with Crippen LogP contribution in [-0.4, -0.2) is 15.7 Å². The number of amides is 1. The van der Waals surface area contributed by atoms with E-state index in [2.05, 4.69) is 10.4 Å². The minimum atomic E-state index is -0.473. The molecule has 0 aliphatic rings. The van der Waals surface area contributed by atoms with Crippen molar-refractivity contribution in [2.75, 3.05) is 0 Å². The van der Waals surface area contributed by atoms with Crippen LogP contribution in [0.1, 0.15) is 16.1 Å². The molecule has 23 heavy (non-hydrogen) atoms. The molecule has 0 unspecified atom stereocenters. The first kappa shape index (κ1) is 14.7. The van der Waals surface area contributed by atoms with Crippen LogP contribution in [-0.2, 0) is 6.54 Å². The second-order valence-corrected chi connectivity index (χ2v) is 4.87. The lowest BCUT2D eigenvalue weighted by Gasteiger charge is -2.04. The second-order valence-electron chi connectivity index (χ2n) is 4.87. The van der Waals surface area contributed by atoms with Gasteiger partial charge in [0.2, 0.25) is 0 Å². The average molecular weight is 312 g/mol. The zero-order chi connectivity index (χ0) is 16.2. The lowest BCUT2D eigenvalue weighted by atomic mass is 10.3. The molecule has 0 aliphatic heterocycles. The summed E-state index contributed by atoms with van der Waals surface area (Å²) in [4.78, 5) is 12.0. The highest BCUT2D eigenvalue weighted by atomic mass is 19.1. The lowest BCUT2D eigenvalue weighted by molar-refractivity contribution is -0.607. The van der Waals surface area contributed by atoms with Gasteiger partial charge in [-0.05, 0) is 24.3 Å². The highest BCUT2D eigenvalue weighted by molar-refractivity contribution is 5.90. The van der Waals surface area contributed by atoms with Crippen molar-refractivity contribution in [3.05, 3.63) is 83.3 Å². The first-order valence-corrected chi connectivity index (χ1v) is 6.89. The molecule has 2 aromatic heterocycles. The number of carbonyl (C=O) groups excluding carboxylic acids is 1. The van der Waals surface area contributed by atoms with Crippen LogP contribution in [0.5, 0.6) is 0 Å². The van der Waals surface area contributed by atoms with Gasteiger partial charge in [-0.15, -0.1) is 0 Å². The minimum Gasteiger partial charge on any atom is -0.618 e. The maximum absolute atomic E-state index is 13.2. The molecule has 1 N–H and O–H groups in total. The molecular weight excluding hydrogens is 299 g/mol. The van der Waals surface area contributed by atoms with E-state index in [0.29, 0.717) is 10.4 Å². The van der Waals surface area contributed by atoms with Gasteiger partial charge in [-0.3, -0.25) is 4.79 Å². The van der Waals surface area contributed by atoms with Gasteiger partial charge in [-0.2, -0.15) is 9.83 Å². The van der Waals surface area contributed by atoms with Gasteiger partial charge in [0.15, 0.2) is 6.20 Å². The molecule has 1 aromatic carbocycles. The predicted octanol–water partition coefficient (Wildman–Crippen LogP) is 1.57. The van der Waals surface area contributed by atoms with Crippen LogP contribution in [0, 0.1) is 11.0 Å². The predicted molar refractivity (Wildman–Crippen MR) is 80.1 cm³/mol. The quantitative estimate of drug-likeness (QED) is 0.587. The van der Waals surface area contributed by atoms with Gasteiger partial charge in [-0.25, -0.2) is 9.07 Å². The highest BCUT2D eigenvalue weighted by Crippen LogP contribution is 2.10. The summed E-state index contributed by atoms with van der Waals surface area (Å²) in [6.07, 6.45) is 4.52. The smallest absolute Gasteiger partial charge is 0.317 e. The Morgan fingerprint density at radius 3 is 2.96 bits per heavy atom. The molecule has 2 heterocycles. The Hall–Kier alpha value is -3.22. The topological polar surface area (TPSA) is 73.9 Å². The summed E-state index contributed by atoms with van der Waals surface area (Å²) in [7, 11) is 0. The van der Waals surface area contributed by atoms with E-state index in [1.54, 1.807) is 36.7 Å². The van der Waals surface area contributed by atoms with Gasteiger partial charge in [0, 0.05) is 30.4 Å². The Kier molecular flexibility index (Phi) is 4.01. The Bertz CT molecular complexity index is 847. The molecule has 1 amide bonds.